The Balaban J connectivity index is 2.20. The van der Waals surface area contributed by atoms with Crippen LogP contribution in [0.4, 0.5) is 5.69 Å². The molecule has 0 aliphatic rings. The van der Waals surface area contributed by atoms with Crippen LogP contribution in [0.25, 0.3) is 0 Å². The molecule has 0 aliphatic carbocycles. The van der Waals surface area contributed by atoms with Crippen molar-refractivity contribution in [1.29, 1.82) is 0 Å². The summed E-state index contributed by atoms with van der Waals surface area (Å²) in [4.78, 5) is 12.6. The van der Waals surface area contributed by atoms with Crippen molar-refractivity contribution < 1.29 is 22.7 Å². The summed E-state index contributed by atoms with van der Waals surface area (Å²) in [5.74, 6) is 0.488. The molecule has 1 atom stereocenters. The summed E-state index contributed by atoms with van der Waals surface area (Å²) in [5.41, 5.74) is 1.33. The monoisotopic (exact) mass is 406 g/mol. The summed E-state index contributed by atoms with van der Waals surface area (Å²) in [7, 11) is -2.26. The number of hydrogen-bond donors (Lipinski definition) is 2. The van der Waals surface area contributed by atoms with Gasteiger partial charge in [-0.05, 0) is 58.0 Å². The van der Waals surface area contributed by atoms with E-state index in [9.17, 15) is 13.2 Å². The number of ether oxygens (including phenoxy) is 2. The first-order chi connectivity index (χ1) is 13.1. The van der Waals surface area contributed by atoms with E-state index < -0.39 is 22.0 Å². The Bertz CT molecular complexity index is 924. The fraction of sp³-hybridized carbons (Fsp3) is 0.350. The Hall–Kier alpha value is -2.58. The SMILES string of the molecule is COc1ccc(S(=O)(=O)NC(C)C)cc1NC(=O)[C@@H](C)Oc1ccc(C)cc1. The molecule has 2 aromatic rings. The summed E-state index contributed by atoms with van der Waals surface area (Å²) in [6.07, 6.45) is -0.790. The standard InChI is InChI=1S/C20H26N2O5S/c1-13(2)22-28(24,25)17-10-11-19(26-5)18(12-17)21-20(23)15(4)27-16-8-6-14(3)7-9-16/h6-13,15,22H,1-5H3,(H,21,23)/t15-/m1/s1. The lowest BCUT2D eigenvalue weighted by Crippen LogP contribution is -2.31. The maximum atomic E-state index is 12.5. The number of carbonyl (C=O) groups excluding carboxylic acids is 1. The molecule has 0 fully saturated rings. The van der Waals surface area contributed by atoms with E-state index >= 15 is 0 Å². The molecule has 2 aromatic carbocycles. The molecule has 1 amide bonds. The zero-order chi connectivity index (χ0) is 20.9. The zero-order valence-corrected chi connectivity index (χ0v) is 17.5. The minimum atomic E-state index is -3.70. The number of methoxy groups -OCH3 is 1. The first-order valence-electron chi connectivity index (χ1n) is 8.87. The van der Waals surface area contributed by atoms with Gasteiger partial charge in [0.1, 0.15) is 11.5 Å². The van der Waals surface area contributed by atoms with Crippen molar-refractivity contribution >= 4 is 21.6 Å². The first kappa shape index (κ1) is 21.7. The Morgan fingerprint density at radius 3 is 2.25 bits per heavy atom. The predicted molar refractivity (Wildman–Crippen MR) is 108 cm³/mol. The first-order valence-corrected chi connectivity index (χ1v) is 10.3. The van der Waals surface area contributed by atoms with Gasteiger partial charge in [0.15, 0.2) is 6.10 Å². The molecule has 2 rings (SSSR count). The molecule has 0 spiro atoms. The maximum Gasteiger partial charge on any atom is 0.265 e. The molecule has 0 saturated carbocycles. The summed E-state index contributed by atoms with van der Waals surface area (Å²) in [6.45, 7) is 7.03. The van der Waals surface area contributed by atoms with Gasteiger partial charge in [-0.25, -0.2) is 13.1 Å². The van der Waals surface area contributed by atoms with Gasteiger partial charge in [-0.1, -0.05) is 17.7 Å². The molecule has 0 radical (unpaired) electrons. The third kappa shape index (κ3) is 5.71. The molecule has 0 aromatic heterocycles. The molecule has 8 heteroatoms. The van der Waals surface area contributed by atoms with Gasteiger partial charge in [0, 0.05) is 6.04 Å². The van der Waals surface area contributed by atoms with Gasteiger partial charge in [0.05, 0.1) is 17.7 Å². The van der Waals surface area contributed by atoms with Crippen LogP contribution in [0.15, 0.2) is 47.4 Å². The molecule has 0 aliphatic heterocycles. The second kappa shape index (κ2) is 9.07. The quantitative estimate of drug-likeness (QED) is 0.703. The maximum absolute atomic E-state index is 12.5. The van der Waals surface area contributed by atoms with Gasteiger partial charge in [-0.15, -0.1) is 0 Å². The average Bonchev–Trinajstić information content (AvgIpc) is 2.62. The Kier molecular flexibility index (Phi) is 7.04. The van der Waals surface area contributed by atoms with E-state index in [0.29, 0.717) is 11.5 Å². The van der Waals surface area contributed by atoms with Crippen LogP contribution in [-0.2, 0) is 14.8 Å². The van der Waals surface area contributed by atoms with E-state index in [2.05, 4.69) is 10.0 Å². The molecule has 0 saturated heterocycles. The third-order valence-corrected chi connectivity index (χ3v) is 5.49. The molecule has 2 N–H and O–H groups in total. The van der Waals surface area contributed by atoms with Gasteiger partial charge < -0.3 is 14.8 Å². The number of amides is 1. The number of anilines is 1. The molecular formula is C20H26N2O5S. The van der Waals surface area contributed by atoms with Crippen molar-refractivity contribution in [3.63, 3.8) is 0 Å². The number of carbonyl (C=O) groups is 1. The lowest BCUT2D eigenvalue weighted by molar-refractivity contribution is -0.122. The lowest BCUT2D eigenvalue weighted by atomic mass is 10.2. The van der Waals surface area contributed by atoms with Crippen molar-refractivity contribution in [2.45, 2.75) is 44.7 Å². The minimum absolute atomic E-state index is 0.0319. The normalized spacial score (nSPS) is 12.5. The van der Waals surface area contributed by atoms with E-state index in [1.54, 1.807) is 32.9 Å². The van der Waals surface area contributed by atoms with Crippen molar-refractivity contribution in [3.8, 4) is 11.5 Å². The van der Waals surface area contributed by atoms with Gasteiger partial charge >= 0.3 is 0 Å². The largest absolute Gasteiger partial charge is 0.495 e. The number of hydrogen-bond acceptors (Lipinski definition) is 5. The van der Waals surface area contributed by atoms with E-state index in [1.807, 2.05) is 19.1 Å². The van der Waals surface area contributed by atoms with Crippen LogP contribution < -0.4 is 19.5 Å². The summed E-state index contributed by atoms with van der Waals surface area (Å²) >= 11 is 0. The third-order valence-electron chi connectivity index (χ3n) is 3.83. The Morgan fingerprint density at radius 2 is 1.68 bits per heavy atom. The summed E-state index contributed by atoms with van der Waals surface area (Å²) in [5, 5.41) is 2.68. The van der Waals surface area contributed by atoms with E-state index in [1.165, 1.54) is 25.3 Å². The van der Waals surface area contributed by atoms with Crippen molar-refractivity contribution in [3.05, 3.63) is 48.0 Å². The van der Waals surface area contributed by atoms with E-state index in [4.69, 9.17) is 9.47 Å². The predicted octanol–water partition coefficient (Wildman–Crippen LogP) is 3.10. The van der Waals surface area contributed by atoms with E-state index in [0.717, 1.165) is 5.56 Å². The number of aryl methyl sites for hydroxylation is 1. The highest BCUT2D eigenvalue weighted by Gasteiger charge is 2.21. The van der Waals surface area contributed by atoms with Crippen molar-refractivity contribution in [1.82, 2.24) is 4.72 Å². The van der Waals surface area contributed by atoms with Crippen LogP contribution in [0, 0.1) is 6.92 Å². The van der Waals surface area contributed by atoms with Crippen LogP contribution >= 0.6 is 0 Å². The Labute approximate surface area is 166 Å². The molecular weight excluding hydrogens is 380 g/mol. The van der Waals surface area contributed by atoms with Crippen LogP contribution in [0.1, 0.15) is 26.3 Å². The second-order valence-electron chi connectivity index (χ2n) is 6.70. The topological polar surface area (TPSA) is 93.7 Å². The van der Waals surface area contributed by atoms with Crippen LogP contribution in [0.3, 0.4) is 0 Å². The minimum Gasteiger partial charge on any atom is -0.495 e. The van der Waals surface area contributed by atoms with Gasteiger partial charge in [0.25, 0.3) is 5.91 Å². The fourth-order valence-corrected chi connectivity index (χ4v) is 3.72. The van der Waals surface area contributed by atoms with Crippen LogP contribution in [0.2, 0.25) is 0 Å². The average molecular weight is 407 g/mol. The highest BCUT2D eigenvalue weighted by molar-refractivity contribution is 7.89. The van der Waals surface area contributed by atoms with Gasteiger partial charge in [-0.3, -0.25) is 4.79 Å². The molecule has 0 heterocycles. The molecule has 7 nitrogen and oxygen atoms in total. The highest BCUT2D eigenvalue weighted by Crippen LogP contribution is 2.28. The summed E-state index contributed by atoms with van der Waals surface area (Å²) in [6, 6.07) is 11.4. The number of sulfonamides is 1. The van der Waals surface area contributed by atoms with E-state index in [-0.39, 0.29) is 16.6 Å². The number of benzene rings is 2. The highest BCUT2D eigenvalue weighted by atomic mass is 32.2. The number of rotatable bonds is 8. The van der Waals surface area contributed by atoms with Gasteiger partial charge in [0.2, 0.25) is 10.0 Å². The second-order valence-corrected chi connectivity index (χ2v) is 8.41. The molecule has 0 unspecified atom stereocenters. The molecule has 0 bridgehead atoms. The van der Waals surface area contributed by atoms with Crippen molar-refractivity contribution in [2.24, 2.45) is 0 Å². The lowest BCUT2D eigenvalue weighted by Gasteiger charge is -2.17. The fourth-order valence-electron chi connectivity index (χ4n) is 2.44. The van der Waals surface area contributed by atoms with Crippen LogP contribution in [-0.4, -0.2) is 33.6 Å². The smallest absolute Gasteiger partial charge is 0.265 e. The molecule has 28 heavy (non-hydrogen) atoms. The number of nitrogens with one attached hydrogen (secondary N) is 2. The zero-order valence-electron chi connectivity index (χ0n) is 16.6. The van der Waals surface area contributed by atoms with Crippen molar-refractivity contribution in [2.75, 3.05) is 12.4 Å². The van der Waals surface area contributed by atoms with Gasteiger partial charge in [-0.2, -0.15) is 0 Å². The Morgan fingerprint density at radius 1 is 1.04 bits per heavy atom. The summed E-state index contributed by atoms with van der Waals surface area (Å²) < 4.78 is 38.2. The van der Waals surface area contributed by atoms with Crippen LogP contribution in [0.5, 0.6) is 11.5 Å². The molecule has 152 valence electrons.